The molecule has 2 fully saturated rings. The number of benzene rings is 2. The highest BCUT2D eigenvalue weighted by atomic mass is 14.4. The second-order valence-corrected chi connectivity index (χ2v) is 13.0. The number of allylic oxidation sites excluding steroid dienone is 3. The minimum atomic E-state index is 0.575. The Labute approximate surface area is 233 Å². The molecule has 0 saturated heterocycles. The van der Waals surface area contributed by atoms with E-state index in [1.165, 1.54) is 97.6 Å². The van der Waals surface area contributed by atoms with Gasteiger partial charge in [0.05, 0.1) is 0 Å². The van der Waals surface area contributed by atoms with Crippen molar-refractivity contribution in [1.29, 1.82) is 0 Å². The SMILES string of the molecule is C=C(CC)Cc1ccc(-c2cc(C3CCCCC3)cc3c2C=CC3C2CCCC(C(=C)C(C)C)CC2)cc1. The summed E-state index contributed by atoms with van der Waals surface area (Å²) in [5.74, 6) is 3.39. The summed E-state index contributed by atoms with van der Waals surface area (Å²) in [6.07, 6.45) is 20.7. The summed E-state index contributed by atoms with van der Waals surface area (Å²) >= 11 is 0. The molecule has 2 aromatic carbocycles. The van der Waals surface area contributed by atoms with Crippen LogP contribution in [0.5, 0.6) is 0 Å². The minimum absolute atomic E-state index is 0.575. The largest absolute Gasteiger partial charge is 0.0995 e. The second kappa shape index (κ2) is 12.2. The van der Waals surface area contributed by atoms with Crippen LogP contribution >= 0.6 is 0 Å². The summed E-state index contributed by atoms with van der Waals surface area (Å²) in [6, 6.07) is 14.6. The lowest BCUT2D eigenvalue weighted by atomic mass is 9.77. The van der Waals surface area contributed by atoms with E-state index in [9.17, 15) is 0 Å². The van der Waals surface area contributed by atoms with Gasteiger partial charge in [-0.1, -0.05) is 119 Å². The van der Waals surface area contributed by atoms with Crippen LogP contribution in [0.2, 0.25) is 0 Å². The molecule has 0 heteroatoms. The number of hydrogen-bond acceptors (Lipinski definition) is 0. The van der Waals surface area contributed by atoms with Crippen molar-refractivity contribution in [2.75, 3.05) is 0 Å². The van der Waals surface area contributed by atoms with Gasteiger partial charge in [-0.2, -0.15) is 0 Å². The quantitative estimate of drug-likeness (QED) is 0.247. The zero-order valence-electron chi connectivity index (χ0n) is 24.4. The molecule has 2 aromatic rings. The van der Waals surface area contributed by atoms with E-state index in [4.69, 9.17) is 0 Å². The molecule has 0 amide bonds. The lowest BCUT2D eigenvalue weighted by molar-refractivity contribution is 0.411. The van der Waals surface area contributed by atoms with Crippen molar-refractivity contribution < 1.29 is 0 Å². The molecule has 3 aliphatic carbocycles. The summed E-state index contributed by atoms with van der Waals surface area (Å²) in [7, 11) is 0. The van der Waals surface area contributed by atoms with Crippen LogP contribution in [0.25, 0.3) is 17.2 Å². The average Bonchev–Trinajstić information content (AvgIpc) is 3.22. The van der Waals surface area contributed by atoms with Crippen LogP contribution in [-0.4, -0.2) is 0 Å². The Hall–Kier alpha value is -2.34. The van der Waals surface area contributed by atoms with Crippen LogP contribution in [0.1, 0.15) is 125 Å². The normalized spacial score (nSPS) is 23.8. The Kier molecular flexibility index (Phi) is 8.77. The van der Waals surface area contributed by atoms with Crippen LogP contribution in [-0.2, 0) is 6.42 Å². The van der Waals surface area contributed by atoms with Gasteiger partial charge in [0.2, 0.25) is 0 Å². The second-order valence-electron chi connectivity index (χ2n) is 13.0. The molecule has 3 unspecified atom stereocenters. The maximum atomic E-state index is 4.49. The van der Waals surface area contributed by atoms with E-state index >= 15 is 0 Å². The van der Waals surface area contributed by atoms with E-state index in [1.54, 1.807) is 11.1 Å². The molecule has 5 rings (SSSR count). The van der Waals surface area contributed by atoms with Crippen molar-refractivity contribution in [3.63, 3.8) is 0 Å². The van der Waals surface area contributed by atoms with Crippen molar-refractivity contribution >= 4 is 6.08 Å². The molecule has 0 aromatic heterocycles. The monoisotopic (exact) mass is 506 g/mol. The molecular formula is C38H50. The Morgan fingerprint density at radius 3 is 2.34 bits per heavy atom. The number of fused-ring (bicyclic) bond motifs is 1. The Bertz CT molecular complexity index is 1150. The first-order valence-electron chi connectivity index (χ1n) is 15.7. The first-order chi connectivity index (χ1) is 18.4. The van der Waals surface area contributed by atoms with Crippen LogP contribution < -0.4 is 0 Å². The zero-order valence-corrected chi connectivity index (χ0v) is 24.4. The van der Waals surface area contributed by atoms with Gasteiger partial charge in [0.25, 0.3) is 0 Å². The Balaban J connectivity index is 1.46. The fraction of sp³-hybridized carbons (Fsp3) is 0.526. The molecule has 0 heterocycles. The highest BCUT2D eigenvalue weighted by molar-refractivity contribution is 5.81. The van der Waals surface area contributed by atoms with Crippen molar-refractivity contribution in [2.24, 2.45) is 17.8 Å². The topological polar surface area (TPSA) is 0 Å². The van der Waals surface area contributed by atoms with Crippen molar-refractivity contribution in [3.05, 3.63) is 89.0 Å². The standard InChI is InChI=1S/C38H50/c1-6-27(4)23-29-15-17-33(18-16-29)37-24-34(31-11-8-7-9-12-31)25-38-35(21-22-36(37)38)32-14-10-13-30(19-20-32)28(5)26(2)3/h15-18,21-22,24-26,30-32,35H,4-14,19-20,23H2,1-3H3. The smallest absolute Gasteiger partial charge is 0.00558 e. The molecule has 3 aliphatic rings. The molecule has 202 valence electrons. The fourth-order valence-electron chi connectivity index (χ4n) is 7.53. The van der Waals surface area contributed by atoms with Gasteiger partial charge in [0.15, 0.2) is 0 Å². The van der Waals surface area contributed by atoms with Crippen molar-refractivity contribution in [1.82, 2.24) is 0 Å². The van der Waals surface area contributed by atoms with Crippen LogP contribution in [0.3, 0.4) is 0 Å². The molecule has 0 radical (unpaired) electrons. The first kappa shape index (κ1) is 27.2. The van der Waals surface area contributed by atoms with Gasteiger partial charge in [-0.3, -0.25) is 0 Å². The minimum Gasteiger partial charge on any atom is -0.0995 e. The van der Waals surface area contributed by atoms with Gasteiger partial charge in [-0.05, 0) is 108 Å². The lowest BCUT2D eigenvalue weighted by Gasteiger charge is -2.27. The maximum absolute atomic E-state index is 4.49. The molecule has 0 bridgehead atoms. The molecule has 0 spiro atoms. The summed E-state index contributed by atoms with van der Waals surface area (Å²) in [5, 5.41) is 0. The molecular weight excluding hydrogens is 456 g/mol. The predicted octanol–water partition coefficient (Wildman–Crippen LogP) is 11.4. The molecule has 0 N–H and O–H groups in total. The predicted molar refractivity (Wildman–Crippen MR) is 167 cm³/mol. The highest BCUT2D eigenvalue weighted by Crippen LogP contribution is 2.48. The third-order valence-electron chi connectivity index (χ3n) is 10.1. The Morgan fingerprint density at radius 1 is 0.868 bits per heavy atom. The van der Waals surface area contributed by atoms with E-state index in [1.807, 2.05) is 0 Å². The summed E-state index contributed by atoms with van der Waals surface area (Å²) in [5.41, 5.74) is 11.7. The lowest BCUT2D eigenvalue weighted by Crippen LogP contribution is -2.12. The number of rotatable bonds is 8. The van der Waals surface area contributed by atoms with E-state index in [2.05, 4.69) is 82.5 Å². The van der Waals surface area contributed by atoms with Gasteiger partial charge in [-0.25, -0.2) is 0 Å². The zero-order chi connectivity index (χ0) is 26.6. The summed E-state index contributed by atoms with van der Waals surface area (Å²) in [4.78, 5) is 0. The summed E-state index contributed by atoms with van der Waals surface area (Å²) in [6.45, 7) is 15.6. The van der Waals surface area contributed by atoms with E-state index in [0.717, 1.165) is 30.6 Å². The van der Waals surface area contributed by atoms with Crippen LogP contribution in [0.4, 0.5) is 0 Å². The van der Waals surface area contributed by atoms with Gasteiger partial charge in [0.1, 0.15) is 0 Å². The van der Waals surface area contributed by atoms with Gasteiger partial charge < -0.3 is 0 Å². The molecule has 38 heavy (non-hydrogen) atoms. The molecule has 2 saturated carbocycles. The fourth-order valence-corrected chi connectivity index (χ4v) is 7.53. The van der Waals surface area contributed by atoms with Gasteiger partial charge in [-0.15, -0.1) is 0 Å². The van der Waals surface area contributed by atoms with Gasteiger partial charge in [0, 0.05) is 5.92 Å². The first-order valence-corrected chi connectivity index (χ1v) is 15.7. The third kappa shape index (κ3) is 5.95. The van der Waals surface area contributed by atoms with Crippen molar-refractivity contribution in [3.8, 4) is 11.1 Å². The van der Waals surface area contributed by atoms with E-state index in [-0.39, 0.29) is 0 Å². The molecule has 0 nitrogen and oxygen atoms in total. The maximum Gasteiger partial charge on any atom is 0.00558 e. The molecule has 0 aliphatic heterocycles. The van der Waals surface area contributed by atoms with Crippen LogP contribution in [0.15, 0.2) is 66.8 Å². The molecule has 3 atom stereocenters. The van der Waals surface area contributed by atoms with Crippen molar-refractivity contribution in [2.45, 2.75) is 110 Å². The van der Waals surface area contributed by atoms with Gasteiger partial charge >= 0.3 is 0 Å². The average molecular weight is 507 g/mol. The van der Waals surface area contributed by atoms with E-state index < -0.39 is 0 Å². The number of hydrogen-bond donors (Lipinski definition) is 0. The summed E-state index contributed by atoms with van der Waals surface area (Å²) < 4.78 is 0. The van der Waals surface area contributed by atoms with E-state index in [0.29, 0.717) is 11.8 Å². The Morgan fingerprint density at radius 2 is 1.63 bits per heavy atom. The third-order valence-corrected chi connectivity index (χ3v) is 10.1. The van der Waals surface area contributed by atoms with Crippen LogP contribution in [0, 0.1) is 17.8 Å². The highest BCUT2D eigenvalue weighted by Gasteiger charge is 2.32.